The van der Waals surface area contributed by atoms with Gasteiger partial charge in [0.05, 0.1) is 0 Å². The van der Waals surface area contributed by atoms with Gasteiger partial charge in [-0.05, 0) is 36.1 Å². The Hall–Kier alpha value is -2.95. The molecule has 0 bridgehead atoms. The average molecular weight is 380 g/mol. The summed E-state index contributed by atoms with van der Waals surface area (Å²) in [6.45, 7) is 9.46. The van der Waals surface area contributed by atoms with Gasteiger partial charge in [-0.25, -0.2) is 0 Å². The summed E-state index contributed by atoms with van der Waals surface area (Å²) in [4.78, 5) is 37.7. The SMILES string of the molecule is CC(=O)c1cccc(N(CCC(=O)Nc2ccccc2C(C)(C)C)C(C)=O)c1. The van der Waals surface area contributed by atoms with Crippen molar-refractivity contribution in [1.29, 1.82) is 0 Å². The van der Waals surface area contributed by atoms with Crippen molar-refractivity contribution in [2.75, 3.05) is 16.8 Å². The Morgan fingerprint density at radius 1 is 0.964 bits per heavy atom. The number of rotatable bonds is 6. The van der Waals surface area contributed by atoms with Gasteiger partial charge in [-0.3, -0.25) is 14.4 Å². The summed E-state index contributed by atoms with van der Waals surface area (Å²) in [6, 6.07) is 14.6. The van der Waals surface area contributed by atoms with Crippen molar-refractivity contribution in [3.63, 3.8) is 0 Å². The fourth-order valence-corrected chi connectivity index (χ4v) is 3.03. The third-order valence-corrected chi connectivity index (χ3v) is 4.52. The lowest BCUT2D eigenvalue weighted by atomic mass is 9.86. The fourth-order valence-electron chi connectivity index (χ4n) is 3.03. The molecule has 28 heavy (non-hydrogen) atoms. The first kappa shape index (κ1) is 21.4. The number of hydrogen-bond donors (Lipinski definition) is 1. The Labute approximate surface area is 166 Å². The number of anilines is 2. The molecule has 2 aromatic carbocycles. The molecule has 0 fully saturated rings. The van der Waals surface area contributed by atoms with Crippen LogP contribution < -0.4 is 10.2 Å². The number of carbonyl (C=O) groups is 3. The van der Waals surface area contributed by atoms with Crippen molar-refractivity contribution in [2.45, 2.75) is 46.5 Å². The summed E-state index contributed by atoms with van der Waals surface area (Å²) in [7, 11) is 0. The maximum absolute atomic E-state index is 12.5. The molecule has 0 atom stereocenters. The maximum Gasteiger partial charge on any atom is 0.226 e. The third-order valence-electron chi connectivity index (χ3n) is 4.52. The highest BCUT2D eigenvalue weighted by Gasteiger charge is 2.19. The lowest BCUT2D eigenvalue weighted by Crippen LogP contribution is -2.32. The summed E-state index contributed by atoms with van der Waals surface area (Å²) < 4.78 is 0. The normalized spacial score (nSPS) is 11.0. The van der Waals surface area contributed by atoms with Gasteiger partial charge in [0.1, 0.15) is 0 Å². The van der Waals surface area contributed by atoms with Crippen LogP contribution in [0, 0.1) is 0 Å². The average Bonchev–Trinajstić information content (AvgIpc) is 2.61. The Morgan fingerprint density at radius 2 is 1.64 bits per heavy atom. The van der Waals surface area contributed by atoms with Gasteiger partial charge in [0.25, 0.3) is 0 Å². The number of nitrogens with zero attached hydrogens (tertiary/aromatic N) is 1. The first-order chi connectivity index (χ1) is 13.1. The van der Waals surface area contributed by atoms with E-state index in [0.717, 1.165) is 11.3 Å². The van der Waals surface area contributed by atoms with Crippen molar-refractivity contribution in [1.82, 2.24) is 0 Å². The van der Waals surface area contributed by atoms with Gasteiger partial charge < -0.3 is 10.2 Å². The summed E-state index contributed by atoms with van der Waals surface area (Å²) in [5, 5.41) is 2.96. The standard InChI is InChI=1S/C23H28N2O3/c1-16(26)18-9-8-10-19(15-18)25(17(2)27)14-13-22(28)24-21-12-7-6-11-20(21)23(3,4)5/h6-12,15H,13-14H2,1-5H3,(H,24,28). The van der Waals surface area contributed by atoms with E-state index in [1.807, 2.05) is 24.3 Å². The van der Waals surface area contributed by atoms with Crippen LogP contribution in [0.2, 0.25) is 0 Å². The minimum Gasteiger partial charge on any atom is -0.326 e. The number of nitrogens with one attached hydrogen (secondary N) is 1. The van der Waals surface area contributed by atoms with E-state index in [4.69, 9.17) is 0 Å². The van der Waals surface area contributed by atoms with Crippen LogP contribution in [0.1, 0.15) is 57.0 Å². The van der Waals surface area contributed by atoms with Crippen LogP contribution in [0.25, 0.3) is 0 Å². The highest BCUT2D eigenvalue weighted by atomic mass is 16.2. The lowest BCUT2D eigenvalue weighted by molar-refractivity contribution is -0.117. The van der Waals surface area contributed by atoms with Gasteiger partial charge in [-0.15, -0.1) is 0 Å². The highest BCUT2D eigenvalue weighted by molar-refractivity contribution is 5.98. The molecule has 0 aliphatic rings. The fraction of sp³-hybridized carbons (Fsp3) is 0.348. The first-order valence-electron chi connectivity index (χ1n) is 9.38. The Morgan fingerprint density at radius 3 is 2.25 bits per heavy atom. The van der Waals surface area contributed by atoms with Gasteiger partial charge in [0, 0.05) is 36.8 Å². The summed E-state index contributed by atoms with van der Waals surface area (Å²) in [5.74, 6) is -0.406. The molecule has 0 radical (unpaired) electrons. The van der Waals surface area contributed by atoms with Gasteiger partial charge >= 0.3 is 0 Å². The van der Waals surface area contributed by atoms with Crippen molar-refractivity contribution >= 4 is 29.0 Å². The highest BCUT2D eigenvalue weighted by Crippen LogP contribution is 2.29. The number of carbonyl (C=O) groups excluding carboxylic acids is 3. The van der Waals surface area contributed by atoms with Crippen LogP contribution in [0.15, 0.2) is 48.5 Å². The molecular weight excluding hydrogens is 352 g/mol. The van der Waals surface area contributed by atoms with E-state index in [0.29, 0.717) is 11.3 Å². The molecule has 0 aromatic heterocycles. The van der Waals surface area contributed by atoms with E-state index in [2.05, 4.69) is 26.1 Å². The molecule has 148 valence electrons. The van der Waals surface area contributed by atoms with Crippen molar-refractivity contribution in [3.05, 3.63) is 59.7 Å². The number of Topliss-reactive ketones (excluding diaryl/α,β-unsaturated/α-hetero) is 1. The summed E-state index contributed by atoms with van der Waals surface area (Å²) in [5.41, 5.74) is 2.90. The predicted octanol–water partition coefficient (Wildman–Crippen LogP) is 4.57. The molecule has 5 heteroatoms. The van der Waals surface area contributed by atoms with Crippen LogP contribution >= 0.6 is 0 Å². The molecule has 0 aliphatic heterocycles. The van der Waals surface area contributed by atoms with Crippen LogP contribution in [0.4, 0.5) is 11.4 Å². The monoisotopic (exact) mass is 380 g/mol. The van der Waals surface area contributed by atoms with Crippen molar-refractivity contribution < 1.29 is 14.4 Å². The first-order valence-corrected chi connectivity index (χ1v) is 9.38. The second-order valence-electron chi connectivity index (χ2n) is 7.87. The van der Waals surface area contributed by atoms with Crippen LogP contribution in [-0.2, 0) is 15.0 Å². The molecule has 0 unspecified atom stereocenters. The summed E-state index contributed by atoms with van der Waals surface area (Å²) in [6.07, 6.45) is 0.155. The van der Waals surface area contributed by atoms with E-state index in [9.17, 15) is 14.4 Å². The van der Waals surface area contributed by atoms with Crippen molar-refractivity contribution in [2.24, 2.45) is 0 Å². The smallest absolute Gasteiger partial charge is 0.226 e. The molecule has 0 saturated heterocycles. The van der Waals surface area contributed by atoms with E-state index in [-0.39, 0.29) is 36.0 Å². The predicted molar refractivity (Wildman–Crippen MR) is 113 cm³/mol. The molecule has 0 heterocycles. The topological polar surface area (TPSA) is 66.5 Å². The number of para-hydroxylation sites is 1. The summed E-state index contributed by atoms with van der Waals surface area (Å²) >= 11 is 0. The number of benzene rings is 2. The Kier molecular flexibility index (Phi) is 6.73. The molecule has 2 aromatic rings. The second kappa shape index (κ2) is 8.83. The van der Waals surface area contributed by atoms with Gasteiger partial charge in [-0.2, -0.15) is 0 Å². The molecule has 0 aliphatic carbocycles. The molecular formula is C23H28N2O3. The van der Waals surface area contributed by atoms with E-state index in [1.54, 1.807) is 24.3 Å². The minimum atomic E-state index is -0.177. The Balaban J connectivity index is 2.11. The zero-order valence-electron chi connectivity index (χ0n) is 17.2. The Bertz CT molecular complexity index is 881. The van der Waals surface area contributed by atoms with Crippen molar-refractivity contribution in [3.8, 4) is 0 Å². The van der Waals surface area contributed by atoms with Crippen LogP contribution in [0.3, 0.4) is 0 Å². The number of ketones is 1. The molecule has 2 rings (SSSR count). The second-order valence-corrected chi connectivity index (χ2v) is 7.87. The zero-order chi connectivity index (χ0) is 20.9. The van der Waals surface area contributed by atoms with Crippen LogP contribution in [-0.4, -0.2) is 24.1 Å². The van der Waals surface area contributed by atoms with Gasteiger partial charge in [-0.1, -0.05) is 51.1 Å². The van der Waals surface area contributed by atoms with Crippen LogP contribution in [0.5, 0.6) is 0 Å². The molecule has 0 saturated carbocycles. The number of amides is 2. The number of hydrogen-bond acceptors (Lipinski definition) is 3. The molecule has 5 nitrogen and oxygen atoms in total. The minimum absolute atomic E-state index is 0.0677. The van der Waals surface area contributed by atoms with E-state index < -0.39 is 0 Å². The quantitative estimate of drug-likeness (QED) is 0.747. The molecule has 1 N–H and O–H groups in total. The maximum atomic E-state index is 12.5. The van der Waals surface area contributed by atoms with E-state index in [1.165, 1.54) is 18.7 Å². The van der Waals surface area contributed by atoms with Gasteiger partial charge in [0.2, 0.25) is 11.8 Å². The third kappa shape index (κ3) is 5.52. The molecule has 0 spiro atoms. The largest absolute Gasteiger partial charge is 0.326 e. The zero-order valence-corrected chi connectivity index (χ0v) is 17.2. The lowest BCUT2D eigenvalue weighted by Gasteiger charge is -2.24. The van der Waals surface area contributed by atoms with Gasteiger partial charge in [0.15, 0.2) is 5.78 Å². The molecule has 2 amide bonds. The van der Waals surface area contributed by atoms with E-state index >= 15 is 0 Å².